The maximum Gasteiger partial charge on any atom is 0.152 e. The highest BCUT2D eigenvalue weighted by molar-refractivity contribution is 5.39. The molecular weight excluding hydrogens is 250 g/mol. The van der Waals surface area contributed by atoms with E-state index in [1.54, 1.807) is 0 Å². The Bertz CT molecular complexity index is 570. The predicted octanol–water partition coefficient (Wildman–Crippen LogP) is 2.77. The van der Waals surface area contributed by atoms with E-state index in [1.165, 1.54) is 4.68 Å². The molecule has 0 saturated carbocycles. The highest BCUT2D eigenvalue weighted by Gasteiger charge is 2.17. The van der Waals surface area contributed by atoms with Gasteiger partial charge in [-0.1, -0.05) is 13.8 Å². The lowest BCUT2D eigenvalue weighted by molar-refractivity contribution is 0.280. The second-order valence-electron chi connectivity index (χ2n) is 4.31. The summed E-state index contributed by atoms with van der Waals surface area (Å²) < 4.78 is 29.3. The van der Waals surface area contributed by atoms with Gasteiger partial charge in [-0.05, 0) is 36.6 Å². The standard InChI is InChI=1S/C14H16F2N2O/c1-3-10-7-11(4-2)18(17-10)14-12(15)5-9(8-19)6-13(14)16/h5-7,19H,3-4,8H2,1-2H3. The number of hydrogen-bond donors (Lipinski definition) is 1. The fourth-order valence-electron chi connectivity index (χ4n) is 2.00. The van der Waals surface area contributed by atoms with Gasteiger partial charge < -0.3 is 5.11 Å². The van der Waals surface area contributed by atoms with E-state index in [0.717, 1.165) is 23.5 Å². The Hall–Kier alpha value is -1.75. The molecule has 0 saturated heterocycles. The molecule has 1 heterocycles. The van der Waals surface area contributed by atoms with Crippen molar-refractivity contribution in [3.63, 3.8) is 0 Å². The molecule has 0 bridgehead atoms. The fourth-order valence-corrected chi connectivity index (χ4v) is 2.00. The van der Waals surface area contributed by atoms with Crippen LogP contribution in [0.25, 0.3) is 5.69 Å². The van der Waals surface area contributed by atoms with Crippen LogP contribution in [0.4, 0.5) is 8.78 Å². The molecule has 0 atom stereocenters. The summed E-state index contributed by atoms with van der Waals surface area (Å²) in [6.07, 6.45) is 1.34. The molecule has 2 rings (SSSR count). The van der Waals surface area contributed by atoms with E-state index >= 15 is 0 Å². The van der Waals surface area contributed by atoms with Crippen LogP contribution >= 0.6 is 0 Å². The van der Waals surface area contributed by atoms with Gasteiger partial charge in [0.15, 0.2) is 11.6 Å². The van der Waals surface area contributed by atoms with Crippen LogP contribution in [0.2, 0.25) is 0 Å². The molecule has 0 unspecified atom stereocenters. The van der Waals surface area contributed by atoms with Crippen molar-refractivity contribution in [2.24, 2.45) is 0 Å². The highest BCUT2D eigenvalue weighted by Crippen LogP contribution is 2.22. The van der Waals surface area contributed by atoms with Crippen LogP contribution in [-0.2, 0) is 19.4 Å². The zero-order valence-corrected chi connectivity index (χ0v) is 11.0. The topological polar surface area (TPSA) is 38.0 Å². The third-order valence-electron chi connectivity index (χ3n) is 3.03. The van der Waals surface area contributed by atoms with Gasteiger partial charge in [0.1, 0.15) is 5.69 Å². The molecule has 0 aliphatic carbocycles. The van der Waals surface area contributed by atoms with Crippen LogP contribution in [0.5, 0.6) is 0 Å². The zero-order chi connectivity index (χ0) is 14.0. The first-order valence-electron chi connectivity index (χ1n) is 6.27. The molecule has 5 heteroatoms. The van der Waals surface area contributed by atoms with Gasteiger partial charge in [0.2, 0.25) is 0 Å². The number of halogens is 2. The predicted molar refractivity (Wildman–Crippen MR) is 68.2 cm³/mol. The Labute approximate surface area is 110 Å². The lowest BCUT2D eigenvalue weighted by Crippen LogP contribution is -2.08. The quantitative estimate of drug-likeness (QED) is 0.924. The van der Waals surface area contributed by atoms with Crippen molar-refractivity contribution < 1.29 is 13.9 Å². The molecule has 0 amide bonds. The van der Waals surface area contributed by atoms with E-state index < -0.39 is 18.2 Å². The van der Waals surface area contributed by atoms with Gasteiger partial charge in [-0.15, -0.1) is 0 Å². The lowest BCUT2D eigenvalue weighted by atomic mass is 10.2. The van der Waals surface area contributed by atoms with E-state index in [2.05, 4.69) is 5.10 Å². The van der Waals surface area contributed by atoms with E-state index in [1.807, 2.05) is 19.9 Å². The number of aliphatic hydroxyl groups excluding tert-OH is 1. The average molecular weight is 266 g/mol. The summed E-state index contributed by atoms with van der Waals surface area (Å²) in [5.74, 6) is -1.44. The maximum atomic E-state index is 14.0. The van der Waals surface area contributed by atoms with Crippen LogP contribution in [0, 0.1) is 11.6 Å². The van der Waals surface area contributed by atoms with E-state index in [-0.39, 0.29) is 11.3 Å². The summed E-state index contributed by atoms with van der Waals surface area (Å²) in [5, 5.41) is 13.2. The van der Waals surface area contributed by atoms with Gasteiger partial charge in [-0.3, -0.25) is 0 Å². The van der Waals surface area contributed by atoms with Gasteiger partial charge in [0.05, 0.1) is 12.3 Å². The minimum absolute atomic E-state index is 0.186. The van der Waals surface area contributed by atoms with Gasteiger partial charge in [0.25, 0.3) is 0 Å². The Kier molecular flexibility index (Phi) is 3.95. The molecule has 1 N–H and O–H groups in total. The number of rotatable bonds is 4. The largest absolute Gasteiger partial charge is 0.392 e. The Balaban J connectivity index is 2.61. The molecule has 0 radical (unpaired) electrons. The second-order valence-corrected chi connectivity index (χ2v) is 4.31. The van der Waals surface area contributed by atoms with Crippen molar-refractivity contribution >= 4 is 0 Å². The molecule has 0 aliphatic rings. The molecule has 3 nitrogen and oxygen atoms in total. The van der Waals surface area contributed by atoms with Gasteiger partial charge in [-0.25, -0.2) is 13.5 Å². The first-order valence-corrected chi connectivity index (χ1v) is 6.27. The fraction of sp³-hybridized carbons (Fsp3) is 0.357. The van der Waals surface area contributed by atoms with Crippen molar-refractivity contribution in [3.8, 4) is 5.69 Å². The zero-order valence-electron chi connectivity index (χ0n) is 11.0. The molecule has 1 aromatic carbocycles. The molecule has 0 fully saturated rings. The number of nitrogens with zero attached hydrogens (tertiary/aromatic N) is 2. The third-order valence-corrected chi connectivity index (χ3v) is 3.03. The number of benzene rings is 1. The normalized spacial score (nSPS) is 11.0. The van der Waals surface area contributed by atoms with Gasteiger partial charge in [0, 0.05) is 5.69 Å². The smallest absolute Gasteiger partial charge is 0.152 e. The summed E-state index contributed by atoms with van der Waals surface area (Å²) in [5.41, 5.74) is 1.57. The van der Waals surface area contributed by atoms with Crippen molar-refractivity contribution in [3.05, 3.63) is 46.8 Å². The Morgan fingerprint density at radius 2 is 1.74 bits per heavy atom. The summed E-state index contributed by atoms with van der Waals surface area (Å²) in [4.78, 5) is 0. The molecule has 0 aliphatic heterocycles. The first-order chi connectivity index (χ1) is 9.10. The monoisotopic (exact) mass is 266 g/mol. The summed E-state index contributed by atoms with van der Waals surface area (Å²) in [6, 6.07) is 4.11. The van der Waals surface area contributed by atoms with Crippen LogP contribution in [-0.4, -0.2) is 14.9 Å². The number of aliphatic hydroxyl groups is 1. The number of hydrogen-bond acceptors (Lipinski definition) is 2. The third kappa shape index (κ3) is 2.51. The van der Waals surface area contributed by atoms with Crippen LogP contribution in [0.1, 0.15) is 30.8 Å². The molecular formula is C14H16F2N2O. The van der Waals surface area contributed by atoms with E-state index in [9.17, 15) is 8.78 Å². The molecule has 0 spiro atoms. The van der Waals surface area contributed by atoms with Crippen LogP contribution in [0.3, 0.4) is 0 Å². The number of aromatic nitrogens is 2. The molecule has 102 valence electrons. The van der Waals surface area contributed by atoms with Crippen molar-refractivity contribution in [2.45, 2.75) is 33.3 Å². The number of aryl methyl sites for hydroxylation is 2. The van der Waals surface area contributed by atoms with Gasteiger partial charge in [-0.2, -0.15) is 5.10 Å². The second kappa shape index (κ2) is 5.48. The van der Waals surface area contributed by atoms with E-state index in [0.29, 0.717) is 12.8 Å². The first kappa shape index (κ1) is 13.7. The Morgan fingerprint density at radius 1 is 1.11 bits per heavy atom. The highest BCUT2D eigenvalue weighted by atomic mass is 19.1. The van der Waals surface area contributed by atoms with Gasteiger partial charge >= 0.3 is 0 Å². The minimum atomic E-state index is -0.718. The molecule has 19 heavy (non-hydrogen) atoms. The minimum Gasteiger partial charge on any atom is -0.392 e. The molecule has 2 aromatic rings. The van der Waals surface area contributed by atoms with Crippen molar-refractivity contribution in [2.75, 3.05) is 0 Å². The lowest BCUT2D eigenvalue weighted by Gasteiger charge is -2.09. The SMILES string of the molecule is CCc1cc(CC)n(-c2c(F)cc(CO)cc2F)n1. The summed E-state index contributed by atoms with van der Waals surface area (Å²) >= 11 is 0. The summed E-state index contributed by atoms with van der Waals surface area (Å²) in [6.45, 7) is 3.45. The Morgan fingerprint density at radius 3 is 2.21 bits per heavy atom. The maximum absolute atomic E-state index is 14.0. The van der Waals surface area contributed by atoms with E-state index in [4.69, 9.17) is 5.11 Å². The van der Waals surface area contributed by atoms with Crippen LogP contribution < -0.4 is 0 Å². The molecule has 1 aromatic heterocycles. The van der Waals surface area contributed by atoms with Crippen molar-refractivity contribution in [1.82, 2.24) is 9.78 Å². The summed E-state index contributed by atoms with van der Waals surface area (Å²) in [7, 11) is 0. The van der Waals surface area contributed by atoms with Crippen molar-refractivity contribution in [1.29, 1.82) is 0 Å². The van der Waals surface area contributed by atoms with Crippen LogP contribution in [0.15, 0.2) is 18.2 Å². The average Bonchev–Trinajstić information content (AvgIpc) is 2.81.